The first-order valence-electron chi connectivity index (χ1n) is 8.57. The zero-order valence-electron chi connectivity index (χ0n) is 15.4. The van der Waals surface area contributed by atoms with E-state index >= 15 is 0 Å². The third-order valence-electron chi connectivity index (χ3n) is 4.25. The van der Waals surface area contributed by atoms with Gasteiger partial charge in [0, 0.05) is 15.7 Å². The first kappa shape index (κ1) is 19.5. The summed E-state index contributed by atoms with van der Waals surface area (Å²) in [6.07, 6.45) is 0. The van der Waals surface area contributed by atoms with Crippen molar-refractivity contribution in [1.29, 1.82) is 0 Å². The van der Waals surface area contributed by atoms with Gasteiger partial charge in [0.2, 0.25) is 0 Å². The minimum absolute atomic E-state index is 0.0557. The molecular weight excluding hydrogens is 424 g/mol. The highest BCUT2D eigenvalue weighted by atomic mass is 79.9. The highest BCUT2D eigenvalue weighted by Gasteiger charge is 2.15. The van der Waals surface area contributed by atoms with Gasteiger partial charge in [0.05, 0.1) is 6.54 Å². The first-order chi connectivity index (χ1) is 12.8. The van der Waals surface area contributed by atoms with Crippen LogP contribution in [0.2, 0.25) is 0 Å². The number of aromatic amines is 1. The maximum Gasteiger partial charge on any atom is 0.251 e. The zero-order chi connectivity index (χ0) is 19.6. The maximum absolute atomic E-state index is 12.5. The van der Waals surface area contributed by atoms with E-state index in [1.54, 1.807) is 0 Å². The molecule has 0 atom stereocenters. The van der Waals surface area contributed by atoms with Crippen LogP contribution in [0.1, 0.15) is 42.5 Å². The molecule has 140 valence electrons. The fourth-order valence-corrected chi connectivity index (χ4v) is 3.21. The number of aromatic nitrogens is 3. The van der Waals surface area contributed by atoms with Gasteiger partial charge in [-0.15, -0.1) is 0 Å². The van der Waals surface area contributed by atoms with E-state index in [2.05, 4.69) is 52.2 Å². The monoisotopic (exact) mass is 444 g/mol. The molecule has 27 heavy (non-hydrogen) atoms. The van der Waals surface area contributed by atoms with Crippen LogP contribution in [0, 0.1) is 4.77 Å². The number of hydrogen-bond donors (Lipinski definition) is 2. The quantitative estimate of drug-likeness (QED) is 0.561. The van der Waals surface area contributed by atoms with Crippen molar-refractivity contribution >= 4 is 34.1 Å². The van der Waals surface area contributed by atoms with Crippen LogP contribution in [0.15, 0.2) is 53.0 Å². The molecule has 0 unspecified atom stereocenters. The van der Waals surface area contributed by atoms with Gasteiger partial charge in [0.15, 0.2) is 10.6 Å². The van der Waals surface area contributed by atoms with Crippen molar-refractivity contribution in [3.8, 4) is 5.69 Å². The number of nitrogens with zero attached hydrogens (tertiary/aromatic N) is 2. The second-order valence-electron chi connectivity index (χ2n) is 7.27. The average molecular weight is 445 g/mol. The smallest absolute Gasteiger partial charge is 0.251 e. The van der Waals surface area contributed by atoms with E-state index in [1.165, 1.54) is 5.56 Å². The molecule has 1 aromatic heterocycles. The number of rotatable bonds is 4. The van der Waals surface area contributed by atoms with E-state index in [-0.39, 0.29) is 17.9 Å². The number of H-pyrrole nitrogens is 1. The van der Waals surface area contributed by atoms with Gasteiger partial charge in [0.1, 0.15) is 0 Å². The molecule has 0 aliphatic carbocycles. The molecule has 3 rings (SSSR count). The van der Waals surface area contributed by atoms with Gasteiger partial charge in [0.25, 0.3) is 5.91 Å². The van der Waals surface area contributed by atoms with Gasteiger partial charge >= 0.3 is 0 Å². The Balaban J connectivity index is 1.75. The fourth-order valence-electron chi connectivity index (χ4n) is 2.69. The van der Waals surface area contributed by atoms with Crippen molar-refractivity contribution in [3.05, 3.63) is 74.7 Å². The lowest BCUT2D eigenvalue weighted by Crippen LogP contribution is -2.24. The summed E-state index contributed by atoms with van der Waals surface area (Å²) in [7, 11) is 0. The minimum Gasteiger partial charge on any atom is -0.345 e. The van der Waals surface area contributed by atoms with Crippen LogP contribution >= 0.6 is 28.1 Å². The summed E-state index contributed by atoms with van der Waals surface area (Å²) < 4.78 is 3.27. The molecular formula is C20H21BrN4OS. The van der Waals surface area contributed by atoms with Crippen LogP contribution in [0.5, 0.6) is 0 Å². The molecule has 0 fully saturated rings. The Morgan fingerprint density at radius 2 is 1.78 bits per heavy atom. The normalized spacial score (nSPS) is 11.4. The SMILES string of the molecule is CC(C)(C)c1ccc(C(=O)NCc2n[nH]c(=S)n2-c2ccc(Br)cc2)cc1. The second-order valence-corrected chi connectivity index (χ2v) is 8.57. The number of carbonyl (C=O) groups excluding carboxylic acids is 1. The van der Waals surface area contributed by atoms with Crippen LogP contribution < -0.4 is 5.32 Å². The lowest BCUT2D eigenvalue weighted by Gasteiger charge is -2.19. The molecule has 2 N–H and O–H groups in total. The molecule has 0 saturated carbocycles. The van der Waals surface area contributed by atoms with Crippen LogP contribution in [-0.2, 0) is 12.0 Å². The van der Waals surface area contributed by atoms with Gasteiger partial charge in [-0.1, -0.05) is 48.8 Å². The molecule has 1 heterocycles. The summed E-state index contributed by atoms with van der Waals surface area (Å²) in [5, 5.41) is 9.95. The second kappa shape index (κ2) is 7.78. The topological polar surface area (TPSA) is 62.7 Å². The molecule has 0 radical (unpaired) electrons. The molecule has 7 heteroatoms. The Bertz CT molecular complexity index is 998. The highest BCUT2D eigenvalue weighted by Crippen LogP contribution is 2.22. The molecule has 0 spiro atoms. The van der Waals surface area contributed by atoms with E-state index in [4.69, 9.17) is 12.2 Å². The van der Waals surface area contributed by atoms with Crippen LogP contribution in [0.4, 0.5) is 0 Å². The number of hydrogen-bond acceptors (Lipinski definition) is 3. The Hall–Kier alpha value is -2.25. The number of nitrogens with one attached hydrogen (secondary N) is 2. The van der Waals surface area contributed by atoms with Crippen molar-refractivity contribution in [2.75, 3.05) is 0 Å². The summed E-state index contributed by atoms with van der Waals surface area (Å²) in [5.41, 5.74) is 2.75. The summed E-state index contributed by atoms with van der Waals surface area (Å²) >= 11 is 8.75. The van der Waals surface area contributed by atoms with Crippen molar-refractivity contribution in [1.82, 2.24) is 20.1 Å². The van der Waals surface area contributed by atoms with Gasteiger partial charge in [-0.3, -0.25) is 14.5 Å². The van der Waals surface area contributed by atoms with E-state index in [9.17, 15) is 4.79 Å². The van der Waals surface area contributed by atoms with Crippen LogP contribution in [0.25, 0.3) is 5.69 Å². The average Bonchev–Trinajstić information content (AvgIpc) is 3.00. The fraction of sp³-hybridized carbons (Fsp3) is 0.250. The molecule has 0 aliphatic heterocycles. The molecule has 0 bridgehead atoms. The van der Waals surface area contributed by atoms with E-state index in [1.807, 2.05) is 53.1 Å². The minimum atomic E-state index is -0.147. The molecule has 0 aliphatic rings. The Labute approximate surface area is 171 Å². The van der Waals surface area contributed by atoms with Crippen molar-refractivity contribution in [2.24, 2.45) is 0 Å². The number of amides is 1. The van der Waals surface area contributed by atoms with Crippen molar-refractivity contribution in [3.63, 3.8) is 0 Å². The summed E-state index contributed by atoms with van der Waals surface area (Å²) in [6.45, 7) is 6.70. The third kappa shape index (κ3) is 4.54. The van der Waals surface area contributed by atoms with Gasteiger partial charge in [-0.25, -0.2) is 0 Å². The molecule has 5 nitrogen and oxygen atoms in total. The third-order valence-corrected chi connectivity index (χ3v) is 5.05. The lowest BCUT2D eigenvalue weighted by molar-refractivity contribution is 0.0949. The molecule has 3 aromatic rings. The van der Waals surface area contributed by atoms with E-state index in [0.29, 0.717) is 16.2 Å². The highest BCUT2D eigenvalue weighted by molar-refractivity contribution is 9.10. The predicted molar refractivity (Wildman–Crippen MR) is 113 cm³/mol. The number of halogens is 1. The zero-order valence-corrected chi connectivity index (χ0v) is 17.8. The molecule has 2 aromatic carbocycles. The lowest BCUT2D eigenvalue weighted by atomic mass is 9.87. The largest absolute Gasteiger partial charge is 0.345 e. The van der Waals surface area contributed by atoms with E-state index in [0.717, 1.165) is 10.2 Å². The first-order valence-corrected chi connectivity index (χ1v) is 9.77. The summed E-state index contributed by atoms with van der Waals surface area (Å²) in [5.74, 6) is 0.494. The van der Waals surface area contributed by atoms with Gasteiger partial charge < -0.3 is 5.32 Å². The Kier molecular flexibility index (Phi) is 5.62. The van der Waals surface area contributed by atoms with Crippen molar-refractivity contribution < 1.29 is 4.79 Å². The Morgan fingerprint density at radius 1 is 1.15 bits per heavy atom. The standard InChI is InChI=1S/C20H21BrN4OS/c1-20(2,3)14-6-4-13(5-7-14)18(26)22-12-17-23-24-19(27)25(17)16-10-8-15(21)9-11-16/h4-11H,12H2,1-3H3,(H,22,26)(H,24,27). The number of carbonyl (C=O) groups is 1. The summed E-state index contributed by atoms with van der Waals surface area (Å²) in [4.78, 5) is 12.5. The molecule has 0 saturated heterocycles. The summed E-state index contributed by atoms with van der Waals surface area (Å²) in [6, 6.07) is 15.4. The van der Waals surface area contributed by atoms with E-state index < -0.39 is 0 Å². The number of benzene rings is 2. The van der Waals surface area contributed by atoms with Crippen LogP contribution in [-0.4, -0.2) is 20.7 Å². The van der Waals surface area contributed by atoms with Crippen molar-refractivity contribution in [2.45, 2.75) is 32.7 Å². The predicted octanol–water partition coefficient (Wildman–Crippen LogP) is 4.92. The van der Waals surface area contributed by atoms with Gasteiger partial charge in [-0.2, -0.15) is 5.10 Å². The Morgan fingerprint density at radius 3 is 2.37 bits per heavy atom. The maximum atomic E-state index is 12.5. The molecule has 1 amide bonds. The van der Waals surface area contributed by atoms with Crippen LogP contribution in [0.3, 0.4) is 0 Å². The van der Waals surface area contributed by atoms with Gasteiger partial charge in [-0.05, 0) is 59.6 Å².